The molecule has 0 aliphatic heterocycles. The van der Waals surface area contributed by atoms with Crippen LogP contribution in [0.1, 0.15) is 54.0 Å². The highest BCUT2D eigenvalue weighted by atomic mass is 79.9. The summed E-state index contributed by atoms with van der Waals surface area (Å²) >= 11 is 10.6. The lowest BCUT2D eigenvalue weighted by molar-refractivity contribution is 0.0696. The first-order chi connectivity index (χ1) is 18.6. The highest BCUT2D eigenvalue weighted by Crippen LogP contribution is 2.43. The third-order valence-corrected chi connectivity index (χ3v) is 8.31. The van der Waals surface area contributed by atoms with Crippen LogP contribution in [-0.2, 0) is 6.61 Å². The molecule has 0 unspecified atom stereocenters. The quantitative estimate of drug-likeness (QED) is 0.181. The van der Waals surface area contributed by atoms with Crippen LogP contribution in [0.15, 0.2) is 71.8 Å². The fourth-order valence-corrected chi connectivity index (χ4v) is 5.11. The molecule has 1 N–H and O–H groups in total. The Labute approximate surface area is 250 Å². The molecule has 1 aromatic heterocycles. The zero-order valence-electron chi connectivity index (χ0n) is 21.2. The average molecular weight is 722 g/mol. The number of carboxylic acids is 1. The largest absolute Gasteiger partial charge is 0.490 e. The van der Waals surface area contributed by atoms with E-state index < -0.39 is 5.97 Å². The van der Waals surface area contributed by atoms with E-state index in [1.54, 1.807) is 42.6 Å². The van der Waals surface area contributed by atoms with Crippen molar-refractivity contribution in [3.63, 3.8) is 0 Å². The Bertz CT molecular complexity index is 1650. The molecule has 202 valence electrons. The van der Waals surface area contributed by atoms with E-state index in [0.29, 0.717) is 54.9 Å². The summed E-state index contributed by atoms with van der Waals surface area (Å²) in [6, 6.07) is 13.7. The lowest BCUT2D eigenvalue weighted by Crippen LogP contribution is -2.23. The van der Waals surface area contributed by atoms with E-state index >= 15 is 0 Å². The maximum Gasteiger partial charge on any atom is 0.335 e. The van der Waals surface area contributed by atoms with Gasteiger partial charge in [-0.1, -0.05) is 41.9 Å². The van der Waals surface area contributed by atoms with Gasteiger partial charge in [-0.3, -0.25) is 4.79 Å². The second-order valence-corrected chi connectivity index (χ2v) is 11.3. The average Bonchev–Trinajstić information content (AvgIpc) is 2.90. The summed E-state index contributed by atoms with van der Waals surface area (Å²) in [6.07, 6.45) is 1.57. The van der Waals surface area contributed by atoms with E-state index in [4.69, 9.17) is 9.47 Å². The minimum atomic E-state index is -1.01. The zero-order chi connectivity index (χ0) is 28.3. The van der Waals surface area contributed by atoms with Gasteiger partial charge in [0.25, 0.3) is 5.56 Å². The third-order valence-electron chi connectivity index (χ3n) is 5.67. The summed E-state index contributed by atoms with van der Waals surface area (Å²) in [5.41, 5.74) is 1.85. The van der Waals surface area contributed by atoms with Gasteiger partial charge < -0.3 is 14.6 Å². The van der Waals surface area contributed by atoms with Crippen molar-refractivity contribution < 1.29 is 19.4 Å². The molecule has 0 saturated heterocycles. The summed E-state index contributed by atoms with van der Waals surface area (Å²) in [4.78, 5) is 29.4. The summed E-state index contributed by atoms with van der Waals surface area (Å²) in [5, 5.41) is 14.3. The molecule has 4 aromatic rings. The van der Waals surface area contributed by atoms with E-state index in [1.807, 2.05) is 26.8 Å². The van der Waals surface area contributed by atoms with Gasteiger partial charge >= 0.3 is 5.97 Å². The molecule has 39 heavy (non-hydrogen) atoms. The first-order valence-electron chi connectivity index (χ1n) is 12.0. The maximum atomic E-state index is 13.4. The van der Waals surface area contributed by atoms with Crippen LogP contribution in [0.5, 0.6) is 11.5 Å². The number of hydrogen-bond acceptors (Lipinski definition) is 6. The van der Waals surface area contributed by atoms with Crippen molar-refractivity contribution in [2.24, 2.45) is 5.10 Å². The minimum absolute atomic E-state index is 0.0486. The van der Waals surface area contributed by atoms with Crippen molar-refractivity contribution in [1.82, 2.24) is 9.66 Å². The monoisotopic (exact) mass is 719 g/mol. The molecule has 11 heteroatoms. The van der Waals surface area contributed by atoms with Crippen LogP contribution in [0.2, 0.25) is 0 Å². The number of halogens is 3. The van der Waals surface area contributed by atoms with Crippen LogP contribution in [0.3, 0.4) is 0 Å². The van der Waals surface area contributed by atoms with E-state index in [9.17, 15) is 14.7 Å². The van der Waals surface area contributed by atoms with Gasteiger partial charge in [-0.25, -0.2) is 9.78 Å². The molecule has 0 fully saturated rings. The van der Waals surface area contributed by atoms with E-state index in [0.717, 1.165) is 4.47 Å². The third kappa shape index (κ3) is 6.42. The molecule has 0 aliphatic carbocycles. The number of carboxylic acid groups (broad SMARTS) is 1. The molecule has 0 amide bonds. The lowest BCUT2D eigenvalue weighted by Gasteiger charge is -2.17. The van der Waals surface area contributed by atoms with Crippen molar-refractivity contribution in [2.45, 2.75) is 33.3 Å². The Hall–Kier alpha value is -3.02. The van der Waals surface area contributed by atoms with E-state index in [-0.39, 0.29) is 23.6 Å². The normalized spacial score (nSPS) is 11.5. The van der Waals surface area contributed by atoms with Crippen molar-refractivity contribution in [3.8, 4) is 11.5 Å². The summed E-state index contributed by atoms with van der Waals surface area (Å²) < 4.78 is 15.2. The highest BCUT2D eigenvalue weighted by Gasteiger charge is 2.19. The number of ether oxygens (including phenoxy) is 2. The topological polar surface area (TPSA) is 103 Å². The number of fused-ring (bicyclic) bond motifs is 1. The van der Waals surface area contributed by atoms with E-state index in [1.165, 1.54) is 10.7 Å². The van der Waals surface area contributed by atoms with Crippen LogP contribution in [-0.4, -0.2) is 33.6 Å². The predicted molar refractivity (Wildman–Crippen MR) is 162 cm³/mol. The summed E-state index contributed by atoms with van der Waals surface area (Å²) in [7, 11) is 0. The molecule has 0 radical (unpaired) electrons. The first-order valence-corrected chi connectivity index (χ1v) is 14.3. The molecule has 0 atom stereocenters. The Morgan fingerprint density at radius 3 is 2.56 bits per heavy atom. The standard InChI is InChI=1S/C28H24Br3N3O5/c1-4-38-22-11-18(23(30)24(31)25(22)39-14-16-6-5-7-17(10-16)28(36)37)13-32-34-26(15(2)3)33-21-9-8-19(29)12-20(21)27(34)35/h5-13,15H,4,14H2,1-3H3,(H,36,37). The number of aromatic carboxylic acids is 1. The smallest absolute Gasteiger partial charge is 0.335 e. The van der Waals surface area contributed by atoms with Gasteiger partial charge in [-0.05, 0) is 80.7 Å². The minimum Gasteiger partial charge on any atom is -0.490 e. The fraction of sp³-hybridized carbons (Fsp3) is 0.214. The number of nitrogens with zero attached hydrogens (tertiary/aromatic N) is 3. The van der Waals surface area contributed by atoms with Gasteiger partial charge in [0.15, 0.2) is 11.5 Å². The van der Waals surface area contributed by atoms with Crippen LogP contribution >= 0.6 is 47.8 Å². The molecule has 0 saturated carbocycles. The number of benzene rings is 3. The van der Waals surface area contributed by atoms with Crippen molar-refractivity contribution in [3.05, 3.63) is 94.8 Å². The van der Waals surface area contributed by atoms with Crippen molar-refractivity contribution in [2.75, 3.05) is 6.61 Å². The second kappa shape index (κ2) is 12.4. The molecule has 0 spiro atoms. The fourth-order valence-electron chi connectivity index (χ4n) is 3.82. The lowest BCUT2D eigenvalue weighted by atomic mass is 10.1. The molecule has 3 aromatic carbocycles. The highest BCUT2D eigenvalue weighted by molar-refractivity contribution is 9.13. The van der Waals surface area contributed by atoms with Gasteiger partial charge in [-0.2, -0.15) is 9.78 Å². The van der Waals surface area contributed by atoms with Crippen LogP contribution < -0.4 is 15.0 Å². The Kier molecular flexibility index (Phi) is 9.24. The van der Waals surface area contributed by atoms with Crippen molar-refractivity contribution in [1.29, 1.82) is 0 Å². The Balaban J connectivity index is 1.73. The molecular weight excluding hydrogens is 698 g/mol. The van der Waals surface area contributed by atoms with E-state index in [2.05, 4.69) is 57.9 Å². The Morgan fingerprint density at radius 1 is 1.10 bits per heavy atom. The van der Waals surface area contributed by atoms with Gasteiger partial charge in [-0.15, -0.1) is 0 Å². The van der Waals surface area contributed by atoms with Crippen molar-refractivity contribution >= 4 is 70.9 Å². The van der Waals surface area contributed by atoms with Gasteiger partial charge in [0.05, 0.1) is 33.8 Å². The van der Waals surface area contributed by atoms with Gasteiger partial charge in [0.1, 0.15) is 12.4 Å². The molecule has 4 rings (SSSR count). The summed E-state index contributed by atoms with van der Waals surface area (Å²) in [6.45, 7) is 6.28. The second-order valence-electron chi connectivity index (χ2n) is 8.80. The number of rotatable bonds is 9. The van der Waals surface area contributed by atoms with Crippen LogP contribution in [0.25, 0.3) is 10.9 Å². The van der Waals surface area contributed by atoms with Gasteiger partial charge in [0, 0.05) is 20.4 Å². The maximum absolute atomic E-state index is 13.4. The van der Waals surface area contributed by atoms with Crippen LogP contribution in [0.4, 0.5) is 0 Å². The Morgan fingerprint density at radius 2 is 1.87 bits per heavy atom. The number of carbonyl (C=O) groups is 1. The number of hydrogen-bond donors (Lipinski definition) is 1. The summed E-state index contributed by atoms with van der Waals surface area (Å²) in [5.74, 6) is 0.384. The van der Waals surface area contributed by atoms with Crippen LogP contribution in [0, 0.1) is 0 Å². The molecular formula is C28H24Br3N3O5. The number of aromatic nitrogens is 2. The molecule has 0 aliphatic rings. The van der Waals surface area contributed by atoms with Gasteiger partial charge in [0.2, 0.25) is 0 Å². The molecule has 1 heterocycles. The molecule has 0 bridgehead atoms. The SMILES string of the molecule is CCOc1cc(C=Nn2c(C(C)C)nc3ccc(Br)cc3c2=O)c(Br)c(Br)c1OCc1cccc(C(=O)O)c1. The zero-order valence-corrected chi connectivity index (χ0v) is 26.0. The predicted octanol–water partition coefficient (Wildman–Crippen LogP) is 7.37. The first kappa shape index (κ1) is 29.0. The molecule has 8 nitrogen and oxygen atoms in total.